The topological polar surface area (TPSA) is 40.5 Å². The number of rotatable bonds is 8. The van der Waals surface area contributed by atoms with Crippen molar-refractivity contribution >= 4 is 5.97 Å². The second-order valence-electron chi connectivity index (χ2n) is 3.82. The van der Waals surface area contributed by atoms with Crippen LogP contribution in [0.1, 0.15) is 40.0 Å². The van der Waals surface area contributed by atoms with Crippen molar-refractivity contribution in [3.05, 3.63) is 11.6 Å². The van der Waals surface area contributed by atoms with E-state index >= 15 is 0 Å². The highest BCUT2D eigenvalue weighted by atomic mass is 16.4. The number of hydrogen-bond donors (Lipinski definition) is 1. The third-order valence-electron chi connectivity index (χ3n) is 2.31. The monoisotopic (exact) mass is 213 g/mol. The Morgan fingerprint density at radius 3 is 2.13 bits per heavy atom. The van der Waals surface area contributed by atoms with E-state index in [4.69, 9.17) is 5.11 Å². The van der Waals surface area contributed by atoms with Gasteiger partial charge in [-0.3, -0.25) is 0 Å². The van der Waals surface area contributed by atoms with Crippen molar-refractivity contribution in [3.8, 4) is 0 Å². The van der Waals surface area contributed by atoms with Crippen molar-refractivity contribution in [1.29, 1.82) is 0 Å². The summed E-state index contributed by atoms with van der Waals surface area (Å²) in [4.78, 5) is 12.9. The van der Waals surface area contributed by atoms with Gasteiger partial charge in [0.1, 0.15) is 0 Å². The summed E-state index contributed by atoms with van der Waals surface area (Å²) in [5.41, 5.74) is 0.447. The molecule has 15 heavy (non-hydrogen) atoms. The van der Waals surface area contributed by atoms with Gasteiger partial charge in [-0.1, -0.05) is 19.9 Å². The lowest BCUT2D eigenvalue weighted by molar-refractivity contribution is -0.132. The van der Waals surface area contributed by atoms with E-state index in [2.05, 4.69) is 18.7 Å². The molecular formula is C12H23NO2. The molecule has 0 rings (SSSR count). The van der Waals surface area contributed by atoms with E-state index in [1.54, 1.807) is 13.0 Å². The van der Waals surface area contributed by atoms with Crippen LogP contribution in [-0.4, -0.2) is 35.6 Å². The Morgan fingerprint density at radius 1 is 1.20 bits per heavy atom. The molecule has 0 fully saturated rings. The van der Waals surface area contributed by atoms with Gasteiger partial charge < -0.3 is 10.0 Å². The fourth-order valence-electron chi connectivity index (χ4n) is 1.52. The van der Waals surface area contributed by atoms with E-state index in [0.29, 0.717) is 5.57 Å². The first-order valence-corrected chi connectivity index (χ1v) is 5.74. The Kier molecular flexibility index (Phi) is 8.01. The highest BCUT2D eigenvalue weighted by molar-refractivity contribution is 5.85. The fraction of sp³-hybridized carbons (Fsp3) is 0.750. The van der Waals surface area contributed by atoms with Gasteiger partial charge in [0, 0.05) is 12.1 Å². The average Bonchev–Trinajstić information content (AvgIpc) is 2.18. The van der Waals surface area contributed by atoms with Gasteiger partial charge in [0.2, 0.25) is 0 Å². The summed E-state index contributed by atoms with van der Waals surface area (Å²) in [6.07, 6.45) is 4.95. The third kappa shape index (κ3) is 7.14. The van der Waals surface area contributed by atoms with Crippen molar-refractivity contribution < 1.29 is 9.90 Å². The number of nitrogens with zero attached hydrogens (tertiary/aromatic N) is 1. The molecule has 0 aliphatic heterocycles. The summed E-state index contributed by atoms with van der Waals surface area (Å²) >= 11 is 0. The maximum absolute atomic E-state index is 10.5. The molecule has 0 bridgehead atoms. The van der Waals surface area contributed by atoms with Gasteiger partial charge in [-0.15, -0.1) is 0 Å². The van der Waals surface area contributed by atoms with E-state index in [1.807, 2.05) is 0 Å². The molecule has 0 aromatic heterocycles. The zero-order valence-electron chi connectivity index (χ0n) is 10.1. The molecule has 0 amide bonds. The molecule has 3 nitrogen and oxygen atoms in total. The molecule has 0 atom stereocenters. The van der Waals surface area contributed by atoms with Crippen molar-refractivity contribution in [2.75, 3.05) is 19.6 Å². The third-order valence-corrected chi connectivity index (χ3v) is 2.31. The normalized spacial score (nSPS) is 12.1. The highest BCUT2D eigenvalue weighted by Gasteiger charge is 2.02. The van der Waals surface area contributed by atoms with Crippen LogP contribution < -0.4 is 0 Å². The van der Waals surface area contributed by atoms with E-state index in [1.165, 1.54) is 0 Å². The lowest BCUT2D eigenvalue weighted by atomic mass is 10.2. The van der Waals surface area contributed by atoms with Crippen molar-refractivity contribution in [2.24, 2.45) is 0 Å². The number of carbonyl (C=O) groups is 1. The molecule has 0 aliphatic carbocycles. The zero-order chi connectivity index (χ0) is 11.7. The first-order chi connectivity index (χ1) is 7.11. The van der Waals surface area contributed by atoms with Crippen molar-refractivity contribution in [2.45, 2.75) is 40.0 Å². The van der Waals surface area contributed by atoms with Gasteiger partial charge in [0.15, 0.2) is 0 Å². The van der Waals surface area contributed by atoms with Gasteiger partial charge in [0.05, 0.1) is 0 Å². The van der Waals surface area contributed by atoms with Crippen LogP contribution in [0.15, 0.2) is 11.6 Å². The maximum Gasteiger partial charge on any atom is 0.330 e. The molecule has 0 heterocycles. The minimum absolute atomic E-state index is 0.447. The summed E-state index contributed by atoms with van der Waals surface area (Å²) in [5, 5.41) is 8.67. The van der Waals surface area contributed by atoms with Gasteiger partial charge in [0.25, 0.3) is 0 Å². The maximum atomic E-state index is 10.5. The summed E-state index contributed by atoms with van der Waals surface area (Å²) in [7, 11) is 0. The average molecular weight is 213 g/mol. The summed E-state index contributed by atoms with van der Waals surface area (Å²) < 4.78 is 0. The van der Waals surface area contributed by atoms with E-state index < -0.39 is 5.97 Å². The fourth-order valence-corrected chi connectivity index (χ4v) is 1.52. The minimum Gasteiger partial charge on any atom is -0.478 e. The Bertz CT molecular complexity index is 206. The lowest BCUT2D eigenvalue weighted by Crippen LogP contribution is -2.26. The van der Waals surface area contributed by atoms with Gasteiger partial charge >= 0.3 is 5.97 Å². The number of carboxylic acid groups (broad SMARTS) is 1. The van der Waals surface area contributed by atoms with E-state index in [9.17, 15) is 4.79 Å². The molecular weight excluding hydrogens is 190 g/mol. The molecule has 0 saturated heterocycles. The molecule has 0 spiro atoms. The predicted molar refractivity (Wildman–Crippen MR) is 63.0 cm³/mol. The van der Waals surface area contributed by atoms with Crippen molar-refractivity contribution in [3.63, 3.8) is 0 Å². The van der Waals surface area contributed by atoms with Gasteiger partial charge in [-0.05, 0) is 39.3 Å². The van der Waals surface area contributed by atoms with Crippen LogP contribution in [0, 0.1) is 0 Å². The molecule has 0 aromatic carbocycles. The second-order valence-corrected chi connectivity index (χ2v) is 3.82. The first-order valence-electron chi connectivity index (χ1n) is 5.74. The van der Waals surface area contributed by atoms with Crippen LogP contribution in [0.4, 0.5) is 0 Å². The number of aliphatic carboxylic acids is 1. The van der Waals surface area contributed by atoms with Crippen LogP contribution in [0.25, 0.3) is 0 Å². The molecule has 0 aliphatic rings. The Morgan fingerprint density at radius 2 is 1.73 bits per heavy atom. The van der Waals surface area contributed by atoms with E-state index in [-0.39, 0.29) is 0 Å². The van der Waals surface area contributed by atoms with Crippen molar-refractivity contribution in [1.82, 2.24) is 4.90 Å². The number of hydrogen-bond acceptors (Lipinski definition) is 2. The van der Waals surface area contributed by atoms with Gasteiger partial charge in [-0.25, -0.2) is 4.79 Å². The molecule has 88 valence electrons. The SMILES string of the molecule is CCCN(CCC)CCC=C(C)C(=O)O. The summed E-state index contributed by atoms with van der Waals surface area (Å²) in [6.45, 7) is 9.15. The quantitative estimate of drug-likeness (QED) is 0.630. The smallest absolute Gasteiger partial charge is 0.330 e. The largest absolute Gasteiger partial charge is 0.478 e. The predicted octanol–water partition coefficient (Wildman–Crippen LogP) is 2.53. The second kappa shape index (κ2) is 8.48. The molecule has 3 heteroatoms. The molecule has 0 saturated carbocycles. The van der Waals surface area contributed by atoms with E-state index in [0.717, 1.165) is 38.9 Å². The van der Waals surface area contributed by atoms with Gasteiger partial charge in [-0.2, -0.15) is 0 Å². The van der Waals surface area contributed by atoms with Crippen LogP contribution in [0.2, 0.25) is 0 Å². The Hall–Kier alpha value is -0.830. The summed E-state index contributed by atoms with van der Waals surface area (Å²) in [5.74, 6) is -0.812. The number of carboxylic acids is 1. The highest BCUT2D eigenvalue weighted by Crippen LogP contribution is 2.00. The standard InChI is InChI=1S/C12H23NO2/c1-4-8-13(9-5-2)10-6-7-11(3)12(14)15/h7H,4-6,8-10H2,1-3H3,(H,14,15). The molecule has 0 radical (unpaired) electrons. The zero-order valence-corrected chi connectivity index (χ0v) is 10.1. The summed E-state index contributed by atoms with van der Waals surface area (Å²) in [6, 6.07) is 0. The molecule has 1 N–H and O–H groups in total. The van der Waals surface area contributed by atoms with Crippen LogP contribution >= 0.6 is 0 Å². The van der Waals surface area contributed by atoms with Crippen LogP contribution in [-0.2, 0) is 4.79 Å². The Balaban J connectivity index is 3.88. The molecule has 0 aromatic rings. The molecule has 0 unspecified atom stereocenters. The van der Waals surface area contributed by atoms with Crippen LogP contribution in [0.3, 0.4) is 0 Å². The van der Waals surface area contributed by atoms with Crippen LogP contribution in [0.5, 0.6) is 0 Å². The lowest BCUT2D eigenvalue weighted by Gasteiger charge is -2.19. The minimum atomic E-state index is -0.812. The first kappa shape index (κ1) is 14.2. The Labute approximate surface area is 92.8 Å².